The second kappa shape index (κ2) is 3.76. The molecule has 1 aromatic carbocycles. The van der Waals surface area contributed by atoms with E-state index in [0.717, 1.165) is 12.8 Å². The third-order valence-electron chi connectivity index (χ3n) is 3.18. The second-order valence-electron chi connectivity index (χ2n) is 4.32. The van der Waals surface area contributed by atoms with E-state index in [1.165, 1.54) is 6.07 Å². The zero-order chi connectivity index (χ0) is 11.1. The molecule has 1 saturated carbocycles. The van der Waals surface area contributed by atoms with E-state index < -0.39 is 5.60 Å². The number of benzene rings is 1. The van der Waals surface area contributed by atoms with Gasteiger partial charge in [0.2, 0.25) is 0 Å². The first kappa shape index (κ1) is 10.9. The molecular formula is C12H14ClFO. The molecule has 0 heterocycles. The molecule has 1 N–H and O–H groups in total. The molecule has 3 heteroatoms. The van der Waals surface area contributed by atoms with E-state index in [-0.39, 0.29) is 5.82 Å². The number of aliphatic hydroxyl groups is 1. The largest absolute Gasteiger partial charge is 0.385 e. The maximum Gasteiger partial charge on any atom is 0.129 e. The fourth-order valence-corrected chi connectivity index (χ4v) is 2.40. The van der Waals surface area contributed by atoms with Crippen LogP contribution >= 0.6 is 11.6 Å². The highest BCUT2D eigenvalue weighted by molar-refractivity contribution is 6.31. The van der Waals surface area contributed by atoms with Gasteiger partial charge in [-0.2, -0.15) is 0 Å². The van der Waals surface area contributed by atoms with Crippen molar-refractivity contribution in [3.8, 4) is 0 Å². The van der Waals surface area contributed by atoms with Crippen molar-refractivity contribution in [2.24, 2.45) is 0 Å². The van der Waals surface area contributed by atoms with Crippen LogP contribution in [0, 0.1) is 12.7 Å². The summed E-state index contributed by atoms with van der Waals surface area (Å²) in [6, 6.07) is 2.96. The summed E-state index contributed by atoms with van der Waals surface area (Å²) in [5.74, 6) is -0.346. The average Bonchev–Trinajstić information content (AvgIpc) is 2.60. The van der Waals surface area contributed by atoms with E-state index in [0.29, 0.717) is 29.0 Å². The Labute approximate surface area is 93.9 Å². The fraction of sp³-hybridized carbons (Fsp3) is 0.500. The molecule has 0 radical (unpaired) electrons. The number of rotatable bonds is 1. The van der Waals surface area contributed by atoms with Gasteiger partial charge < -0.3 is 5.11 Å². The van der Waals surface area contributed by atoms with Gasteiger partial charge >= 0.3 is 0 Å². The number of aryl methyl sites for hydroxylation is 1. The first-order chi connectivity index (χ1) is 7.03. The summed E-state index contributed by atoms with van der Waals surface area (Å²) in [6.45, 7) is 1.76. The van der Waals surface area contributed by atoms with Crippen LogP contribution in [0.15, 0.2) is 12.1 Å². The van der Waals surface area contributed by atoms with Gasteiger partial charge in [-0.25, -0.2) is 4.39 Å². The van der Waals surface area contributed by atoms with Gasteiger partial charge in [-0.05, 0) is 37.5 Å². The average molecular weight is 229 g/mol. The Morgan fingerprint density at radius 1 is 1.33 bits per heavy atom. The highest BCUT2D eigenvalue weighted by Crippen LogP contribution is 2.40. The number of hydrogen-bond donors (Lipinski definition) is 1. The quantitative estimate of drug-likeness (QED) is 0.780. The summed E-state index contributed by atoms with van der Waals surface area (Å²) in [5, 5.41) is 10.8. The second-order valence-corrected chi connectivity index (χ2v) is 4.73. The summed E-state index contributed by atoms with van der Waals surface area (Å²) >= 11 is 5.95. The smallest absolute Gasteiger partial charge is 0.129 e. The predicted molar refractivity (Wildman–Crippen MR) is 58.5 cm³/mol. The molecule has 1 fully saturated rings. The van der Waals surface area contributed by atoms with Crippen LogP contribution in [0.25, 0.3) is 0 Å². The summed E-state index contributed by atoms with van der Waals surface area (Å²) in [7, 11) is 0. The van der Waals surface area contributed by atoms with Crippen LogP contribution in [0.2, 0.25) is 5.02 Å². The molecule has 15 heavy (non-hydrogen) atoms. The van der Waals surface area contributed by atoms with Crippen molar-refractivity contribution < 1.29 is 9.50 Å². The zero-order valence-corrected chi connectivity index (χ0v) is 9.44. The summed E-state index contributed by atoms with van der Waals surface area (Å²) in [4.78, 5) is 0. The van der Waals surface area contributed by atoms with Crippen LogP contribution in [0.1, 0.15) is 36.8 Å². The van der Waals surface area contributed by atoms with Crippen molar-refractivity contribution in [2.45, 2.75) is 38.2 Å². The molecule has 0 aromatic heterocycles. The van der Waals surface area contributed by atoms with Crippen LogP contribution in [0.4, 0.5) is 4.39 Å². The Bertz CT molecular complexity index is 383. The monoisotopic (exact) mass is 228 g/mol. The lowest BCUT2D eigenvalue weighted by Crippen LogP contribution is -2.22. The minimum atomic E-state index is -0.999. The van der Waals surface area contributed by atoms with Crippen LogP contribution < -0.4 is 0 Å². The Hall–Kier alpha value is -0.600. The molecular weight excluding hydrogens is 215 g/mol. The van der Waals surface area contributed by atoms with Crippen molar-refractivity contribution >= 4 is 11.6 Å². The lowest BCUT2D eigenvalue weighted by Gasteiger charge is -2.23. The third kappa shape index (κ3) is 1.88. The minimum absolute atomic E-state index is 0.346. The Kier molecular flexibility index (Phi) is 2.73. The maximum absolute atomic E-state index is 13.7. The SMILES string of the molecule is Cc1cc(F)c(C2(O)CCCC2)cc1Cl. The van der Waals surface area contributed by atoms with Crippen molar-refractivity contribution in [1.82, 2.24) is 0 Å². The fourth-order valence-electron chi connectivity index (χ4n) is 2.23. The van der Waals surface area contributed by atoms with Gasteiger partial charge in [-0.15, -0.1) is 0 Å². The molecule has 0 bridgehead atoms. The summed E-state index contributed by atoms with van der Waals surface area (Å²) < 4.78 is 13.7. The Balaban J connectivity index is 2.48. The van der Waals surface area contributed by atoms with Gasteiger partial charge in [-0.3, -0.25) is 0 Å². The van der Waals surface area contributed by atoms with E-state index in [4.69, 9.17) is 11.6 Å². The lowest BCUT2D eigenvalue weighted by atomic mass is 9.91. The van der Waals surface area contributed by atoms with Crippen LogP contribution in [-0.4, -0.2) is 5.11 Å². The van der Waals surface area contributed by atoms with Gasteiger partial charge in [0.05, 0.1) is 5.60 Å². The van der Waals surface area contributed by atoms with E-state index in [2.05, 4.69) is 0 Å². The zero-order valence-electron chi connectivity index (χ0n) is 8.69. The molecule has 0 unspecified atom stereocenters. The predicted octanol–water partition coefficient (Wildman–Crippen LogP) is 3.55. The first-order valence-electron chi connectivity index (χ1n) is 5.21. The lowest BCUT2D eigenvalue weighted by molar-refractivity contribution is 0.0408. The van der Waals surface area contributed by atoms with Gasteiger partial charge in [0, 0.05) is 10.6 Å². The van der Waals surface area contributed by atoms with Gasteiger partial charge in [-0.1, -0.05) is 24.4 Å². The van der Waals surface area contributed by atoms with Crippen LogP contribution in [-0.2, 0) is 5.60 Å². The van der Waals surface area contributed by atoms with E-state index in [1.54, 1.807) is 13.0 Å². The van der Waals surface area contributed by atoms with E-state index >= 15 is 0 Å². The van der Waals surface area contributed by atoms with E-state index in [1.807, 2.05) is 0 Å². The van der Waals surface area contributed by atoms with Gasteiger partial charge in [0.1, 0.15) is 5.82 Å². The highest BCUT2D eigenvalue weighted by atomic mass is 35.5. The normalized spacial score (nSPS) is 19.5. The minimum Gasteiger partial charge on any atom is -0.385 e. The van der Waals surface area contributed by atoms with Crippen molar-refractivity contribution in [1.29, 1.82) is 0 Å². The Morgan fingerprint density at radius 3 is 2.53 bits per heavy atom. The molecule has 2 rings (SSSR count). The van der Waals surface area contributed by atoms with Crippen molar-refractivity contribution in [3.63, 3.8) is 0 Å². The number of halogens is 2. The van der Waals surface area contributed by atoms with Gasteiger partial charge in [0.25, 0.3) is 0 Å². The molecule has 0 amide bonds. The topological polar surface area (TPSA) is 20.2 Å². The Morgan fingerprint density at radius 2 is 1.93 bits per heavy atom. The van der Waals surface area contributed by atoms with E-state index in [9.17, 15) is 9.50 Å². The molecule has 0 atom stereocenters. The van der Waals surface area contributed by atoms with Crippen molar-refractivity contribution in [2.75, 3.05) is 0 Å². The third-order valence-corrected chi connectivity index (χ3v) is 3.59. The number of hydrogen-bond acceptors (Lipinski definition) is 1. The molecule has 1 aliphatic rings. The summed E-state index contributed by atoms with van der Waals surface area (Å²) in [6.07, 6.45) is 3.15. The molecule has 1 nitrogen and oxygen atoms in total. The maximum atomic E-state index is 13.7. The molecule has 0 aliphatic heterocycles. The summed E-state index contributed by atoms with van der Waals surface area (Å²) in [5.41, 5.74) is 0.0663. The molecule has 0 spiro atoms. The first-order valence-corrected chi connectivity index (χ1v) is 5.59. The molecule has 1 aromatic rings. The van der Waals surface area contributed by atoms with Gasteiger partial charge in [0.15, 0.2) is 0 Å². The van der Waals surface area contributed by atoms with Crippen LogP contribution in [0.3, 0.4) is 0 Å². The standard InChI is InChI=1S/C12H14ClFO/c1-8-6-11(14)9(7-10(8)13)12(15)4-2-3-5-12/h6-7,15H,2-5H2,1H3. The highest BCUT2D eigenvalue weighted by Gasteiger charge is 2.35. The van der Waals surface area contributed by atoms with Crippen LogP contribution in [0.5, 0.6) is 0 Å². The molecule has 1 aliphatic carbocycles. The molecule has 0 saturated heterocycles. The van der Waals surface area contributed by atoms with Crippen molar-refractivity contribution in [3.05, 3.63) is 34.1 Å². The molecule has 82 valence electrons.